The second-order valence-corrected chi connectivity index (χ2v) is 4.37. The Labute approximate surface area is 102 Å². The second-order valence-electron chi connectivity index (χ2n) is 4.37. The lowest BCUT2D eigenvalue weighted by Gasteiger charge is -2.19. The summed E-state index contributed by atoms with van der Waals surface area (Å²) in [4.78, 5) is 0. The fraction of sp³-hybridized carbons (Fsp3) is 0.538. The molecule has 0 saturated carbocycles. The van der Waals surface area contributed by atoms with Gasteiger partial charge in [-0.25, -0.2) is 0 Å². The molecule has 4 nitrogen and oxygen atoms in total. The lowest BCUT2D eigenvalue weighted by atomic mass is 9.93. The highest BCUT2D eigenvalue weighted by molar-refractivity contribution is 5.55. The maximum absolute atomic E-state index is 6.21. The van der Waals surface area contributed by atoms with Gasteiger partial charge in [0.25, 0.3) is 0 Å². The minimum atomic E-state index is -0.0107. The van der Waals surface area contributed by atoms with Gasteiger partial charge in [-0.05, 0) is 23.6 Å². The molecule has 1 aromatic rings. The molecule has 2 rings (SSSR count). The van der Waals surface area contributed by atoms with E-state index in [-0.39, 0.29) is 12.8 Å². The third kappa shape index (κ3) is 2.17. The molecule has 0 amide bonds. The molecule has 1 heterocycles. The van der Waals surface area contributed by atoms with Gasteiger partial charge in [-0.3, -0.25) is 0 Å². The Morgan fingerprint density at radius 3 is 2.82 bits per heavy atom. The van der Waals surface area contributed by atoms with Gasteiger partial charge in [0.1, 0.15) is 0 Å². The van der Waals surface area contributed by atoms with Gasteiger partial charge in [-0.15, -0.1) is 0 Å². The smallest absolute Gasteiger partial charge is 0.231 e. The van der Waals surface area contributed by atoms with Gasteiger partial charge in [-0.1, -0.05) is 20.3 Å². The van der Waals surface area contributed by atoms with Crippen molar-refractivity contribution >= 4 is 0 Å². The summed E-state index contributed by atoms with van der Waals surface area (Å²) in [5.74, 6) is 2.50. The van der Waals surface area contributed by atoms with Gasteiger partial charge in [0.15, 0.2) is 11.5 Å². The van der Waals surface area contributed by atoms with Gasteiger partial charge >= 0.3 is 0 Å². The van der Waals surface area contributed by atoms with Crippen LogP contribution < -0.4 is 19.9 Å². The molecular weight excluding hydrogens is 218 g/mol. The Morgan fingerprint density at radius 1 is 1.41 bits per heavy atom. The molecule has 94 valence electrons. The average molecular weight is 237 g/mol. The maximum Gasteiger partial charge on any atom is 0.231 e. The number of fused-ring (bicyclic) bond motifs is 1. The Bertz CT molecular complexity index is 406. The lowest BCUT2D eigenvalue weighted by Crippen LogP contribution is -2.18. The number of rotatable bonds is 4. The summed E-state index contributed by atoms with van der Waals surface area (Å²) in [5.41, 5.74) is 7.24. The number of ether oxygens (including phenoxy) is 3. The highest BCUT2D eigenvalue weighted by atomic mass is 16.7. The van der Waals surface area contributed by atoms with E-state index in [2.05, 4.69) is 13.8 Å². The molecule has 1 unspecified atom stereocenters. The second kappa shape index (κ2) is 4.84. The van der Waals surface area contributed by atoms with Gasteiger partial charge in [0, 0.05) is 6.04 Å². The third-order valence-electron chi connectivity index (χ3n) is 3.32. The number of methoxy groups -OCH3 is 1. The minimum Gasteiger partial charge on any atom is -0.493 e. The van der Waals surface area contributed by atoms with Gasteiger partial charge in [0.2, 0.25) is 12.5 Å². The Kier molecular flexibility index (Phi) is 3.43. The van der Waals surface area contributed by atoms with Gasteiger partial charge in [-0.2, -0.15) is 0 Å². The molecule has 0 spiro atoms. The molecular formula is C13H19NO3. The quantitative estimate of drug-likeness (QED) is 0.874. The fourth-order valence-electron chi connectivity index (χ4n) is 1.92. The van der Waals surface area contributed by atoms with Crippen LogP contribution in [0.25, 0.3) is 0 Å². The molecule has 0 aliphatic carbocycles. The molecule has 0 bridgehead atoms. The van der Waals surface area contributed by atoms with Gasteiger partial charge in [0.05, 0.1) is 7.11 Å². The summed E-state index contributed by atoms with van der Waals surface area (Å²) in [6.45, 7) is 4.52. The molecule has 0 aromatic heterocycles. The van der Waals surface area contributed by atoms with Crippen LogP contribution in [0.5, 0.6) is 17.2 Å². The summed E-state index contributed by atoms with van der Waals surface area (Å²) in [5, 5.41) is 0. The third-order valence-corrected chi connectivity index (χ3v) is 3.32. The van der Waals surface area contributed by atoms with Crippen LogP contribution in [0.4, 0.5) is 0 Å². The zero-order valence-electron chi connectivity index (χ0n) is 10.5. The highest BCUT2D eigenvalue weighted by Crippen LogP contribution is 2.43. The Morgan fingerprint density at radius 2 is 2.18 bits per heavy atom. The van der Waals surface area contributed by atoms with Crippen LogP contribution in [0.3, 0.4) is 0 Å². The largest absolute Gasteiger partial charge is 0.493 e. The Hall–Kier alpha value is -1.42. The molecule has 1 aliphatic heterocycles. The summed E-state index contributed by atoms with van der Waals surface area (Å²) < 4.78 is 16.0. The number of nitrogens with two attached hydrogens (primary N) is 1. The van der Waals surface area contributed by atoms with E-state index in [0.717, 1.165) is 17.7 Å². The van der Waals surface area contributed by atoms with Gasteiger partial charge < -0.3 is 19.9 Å². The lowest BCUT2D eigenvalue weighted by molar-refractivity contribution is 0.171. The van der Waals surface area contributed by atoms with Crippen molar-refractivity contribution in [2.45, 2.75) is 26.3 Å². The van der Waals surface area contributed by atoms with E-state index < -0.39 is 0 Å². The van der Waals surface area contributed by atoms with Crippen molar-refractivity contribution in [1.82, 2.24) is 0 Å². The minimum absolute atomic E-state index is 0.0107. The molecule has 1 aliphatic rings. The molecule has 0 saturated heterocycles. The first-order valence-electron chi connectivity index (χ1n) is 5.90. The number of benzene rings is 1. The summed E-state index contributed by atoms with van der Waals surface area (Å²) in [6.07, 6.45) is 1.04. The SMILES string of the molecule is CCC(C)[C@H](N)c1cc(OC)c2c(c1)OCO2. The van der Waals surface area contributed by atoms with Crippen LogP contribution in [0.2, 0.25) is 0 Å². The van der Waals surface area contributed by atoms with Crippen molar-refractivity contribution in [3.05, 3.63) is 17.7 Å². The van der Waals surface area contributed by atoms with Crippen LogP contribution in [-0.2, 0) is 0 Å². The first-order chi connectivity index (χ1) is 8.17. The summed E-state index contributed by atoms with van der Waals surface area (Å²) in [6, 6.07) is 3.87. The van der Waals surface area contributed by atoms with Crippen LogP contribution in [0.1, 0.15) is 31.9 Å². The van der Waals surface area contributed by atoms with Crippen molar-refractivity contribution < 1.29 is 14.2 Å². The van der Waals surface area contributed by atoms with Crippen molar-refractivity contribution in [3.8, 4) is 17.2 Å². The molecule has 0 fully saturated rings. The normalized spacial score (nSPS) is 16.7. The van der Waals surface area contributed by atoms with E-state index in [1.807, 2.05) is 12.1 Å². The summed E-state index contributed by atoms with van der Waals surface area (Å²) >= 11 is 0. The predicted molar refractivity (Wildman–Crippen MR) is 65.5 cm³/mol. The molecule has 2 N–H and O–H groups in total. The molecule has 4 heteroatoms. The first-order valence-corrected chi connectivity index (χ1v) is 5.90. The van der Waals surface area contributed by atoms with E-state index in [4.69, 9.17) is 19.9 Å². The highest BCUT2D eigenvalue weighted by Gasteiger charge is 2.23. The number of hydrogen-bond donors (Lipinski definition) is 1. The standard InChI is InChI=1S/C13H19NO3/c1-4-8(2)12(14)9-5-10(15-3)13-11(6-9)16-7-17-13/h5-6,8,12H,4,7,14H2,1-3H3/t8?,12-/m0/s1. The van der Waals surface area contributed by atoms with Crippen LogP contribution >= 0.6 is 0 Å². The number of hydrogen-bond acceptors (Lipinski definition) is 4. The van der Waals surface area contributed by atoms with Crippen LogP contribution in [-0.4, -0.2) is 13.9 Å². The van der Waals surface area contributed by atoms with Crippen molar-refractivity contribution in [3.63, 3.8) is 0 Å². The van der Waals surface area contributed by atoms with Crippen molar-refractivity contribution in [2.75, 3.05) is 13.9 Å². The van der Waals surface area contributed by atoms with E-state index in [9.17, 15) is 0 Å². The van der Waals surface area contributed by atoms with Crippen LogP contribution in [0.15, 0.2) is 12.1 Å². The monoisotopic (exact) mass is 237 g/mol. The Balaban J connectivity index is 2.36. The van der Waals surface area contributed by atoms with E-state index in [0.29, 0.717) is 17.4 Å². The fourth-order valence-corrected chi connectivity index (χ4v) is 1.92. The zero-order valence-corrected chi connectivity index (χ0v) is 10.5. The van der Waals surface area contributed by atoms with E-state index in [1.165, 1.54) is 0 Å². The summed E-state index contributed by atoms with van der Waals surface area (Å²) in [7, 11) is 1.62. The average Bonchev–Trinajstić information content (AvgIpc) is 2.83. The topological polar surface area (TPSA) is 53.7 Å². The van der Waals surface area contributed by atoms with Crippen molar-refractivity contribution in [1.29, 1.82) is 0 Å². The molecule has 2 atom stereocenters. The van der Waals surface area contributed by atoms with E-state index >= 15 is 0 Å². The zero-order chi connectivity index (χ0) is 12.4. The maximum atomic E-state index is 6.21. The molecule has 0 radical (unpaired) electrons. The molecule has 1 aromatic carbocycles. The van der Waals surface area contributed by atoms with Crippen molar-refractivity contribution in [2.24, 2.45) is 11.7 Å². The predicted octanol–water partition coefficient (Wildman–Crippen LogP) is 2.47. The van der Waals surface area contributed by atoms with Crippen LogP contribution in [0, 0.1) is 5.92 Å². The first kappa shape index (κ1) is 12.0. The molecule has 17 heavy (non-hydrogen) atoms. The van der Waals surface area contributed by atoms with E-state index in [1.54, 1.807) is 7.11 Å².